The quantitative estimate of drug-likeness (QED) is 0.105. The first-order chi connectivity index (χ1) is 22.0. The van der Waals surface area contributed by atoms with E-state index in [1.807, 2.05) is 58.0 Å². The molecule has 2 atom stereocenters. The SMILES string of the molecule is CCNc1ccc([C@@H](CC(=O)NCCNC(C)=O)c2ccc(C)c(CN3C[C@@H](CC)Oc4ncccc4S3(=O)=O)c2)c(C)c1NN. The number of rotatable bonds is 13. The molecular weight excluding hydrogens is 606 g/mol. The number of ether oxygens (including phenoxy) is 1. The Bertz CT molecular complexity index is 1660. The number of nitrogens with zero attached hydrogens (tertiary/aromatic N) is 2. The molecule has 0 saturated carbocycles. The minimum atomic E-state index is -3.90. The topological polar surface area (TPSA) is 168 Å². The fourth-order valence-corrected chi connectivity index (χ4v) is 7.21. The van der Waals surface area contributed by atoms with Gasteiger partial charge in [0.05, 0.1) is 17.9 Å². The fourth-order valence-electron chi connectivity index (χ4n) is 5.69. The predicted molar refractivity (Wildman–Crippen MR) is 179 cm³/mol. The zero-order chi connectivity index (χ0) is 33.4. The first-order valence-corrected chi connectivity index (χ1v) is 17.0. The lowest BCUT2D eigenvalue weighted by Gasteiger charge is -2.26. The van der Waals surface area contributed by atoms with E-state index in [2.05, 4.69) is 26.4 Å². The van der Waals surface area contributed by atoms with E-state index < -0.39 is 10.0 Å². The molecule has 6 N–H and O–H groups in total. The molecule has 1 aliphatic heterocycles. The van der Waals surface area contributed by atoms with Crippen LogP contribution in [-0.2, 0) is 26.2 Å². The zero-order valence-corrected chi connectivity index (χ0v) is 28.0. The number of nitrogens with two attached hydrogens (primary N) is 1. The Labute approximate surface area is 271 Å². The normalized spacial score (nSPS) is 16.3. The highest BCUT2D eigenvalue weighted by Gasteiger charge is 2.35. The van der Waals surface area contributed by atoms with Gasteiger partial charge in [0.1, 0.15) is 11.0 Å². The van der Waals surface area contributed by atoms with Gasteiger partial charge in [0, 0.05) is 51.6 Å². The van der Waals surface area contributed by atoms with Gasteiger partial charge >= 0.3 is 0 Å². The summed E-state index contributed by atoms with van der Waals surface area (Å²) < 4.78 is 35.2. The average molecular weight is 652 g/mol. The number of pyridine rings is 1. The van der Waals surface area contributed by atoms with Crippen LogP contribution >= 0.6 is 0 Å². The molecular formula is C33H45N7O5S. The number of benzene rings is 2. The number of hydrogen-bond donors (Lipinski definition) is 5. The molecule has 4 rings (SSSR count). The van der Waals surface area contributed by atoms with E-state index in [-0.39, 0.29) is 54.1 Å². The van der Waals surface area contributed by atoms with Crippen LogP contribution in [0.1, 0.15) is 67.3 Å². The lowest BCUT2D eigenvalue weighted by Crippen LogP contribution is -2.36. The molecule has 13 heteroatoms. The molecule has 2 heterocycles. The molecule has 2 aromatic carbocycles. The Kier molecular flexibility index (Phi) is 11.6. The molecule has 248 valence electrons. The number of nitrogen functional groups attached to an aromatic ring is 1. The minimum absolute atomic E-state index is 0.0479. The lowest BCUT2D eigenvalue weighted by molar-refractivity contribution is -0.122. The summed E-state index contributed by atoms with van der Waals surface area (Å²) in [7, 11) is -3.90. The highest BCUT2D eigenvalue weighted by molar-refractivity contribution is 7.89. The van der Waals surface area contributed by atoms with Crippen LogP contribution in [0.4, 0.5) is 11.4 Å². The molecule has 1 aromatic heterocycles. The number of fused-ring (bicyclic) bond motifs is 1. The second-order valence-electron chi connectivity index (χ2n) is 11.4. The van der Waals surface area contributed by atoms with Crippen molar-refractivity contribution in [2.75, 3.05) is 36.9 Å². The molecule has 0 unspecified atom stereocenters. The van der Waals surface area contributed by atoms with E-state index >= 15 is 0 Å². The van der Waals surface area contributed by atoms with Gasteiger partial charge in [0.25, 0.3) is 0 Å². The van der Waals surface area contributed by atoms with E-state index in [1.165, 1.54) is 23.5 Å². The third-order valence-corrected chi connectivity index (χ3v) is 10.0. The Balaban J connectivity index is 1.73. The Hall–Kier alpha value is -4.20. The molecule has 0 saturated heterocycles. The third-order valence-electron chi connectivity index (χ3n) is 8.22. The van der Waals surface area contributed by atoms with E-state index in [1.54, 1.807) is 6.07 Å². The van der Waals surface area contributed by atoms with Crippen LogP contribution in [-0.4, -0.2) is 61.8 Å². The van der Waals surface area contributed by atoms with Crippen molar-refractivity contribution in [3.05, 3.63) is 76.5 Å². The van der Waals surface area contributed by atoms with Gasteiger partial charge in [-0.1, -0.05) is 31.2 Å². The van der Waals surface area contributed by atoms with Crippen molar-refractivity contribution >= 4 is 33.2 Å². The van der Waals surface area contributed by atoms with Crippen LogP contribution < -0.4 is 32.0 Å². The van der Waals surface area contributed by atoms with E-state index in [4.69, 9.17) is 10.6 Å². The second kappa shape index (κ2) is 15.4. The largest absolute Gasteiger partial charge is 0.472 e. The molecule has 2 amide bonds. The summed E-state index contributed by atoms with van der Waals surface area (Å²) in [6.45, 7) is 10.9. The summed E-state index contributed by atoms with van der Waals surface area (Å²) in [5.41, 5.74) is 8.79. The number of nitrogens with one attached hydrogen (secondary N) is 4. The molecule has 1 aliphatic rings. The van der Waals surface area contributed by atoms with Crippen molar-refractivity contribution in [1.29, 1.82) is 0 Å². The first-order valence-electron chi connectivity index (χ1n) is 15.6. The van der Waals surface area contributed by atoms with Crippen molar-refractivity contribution in [3.8, 4) is 5.88 Å². The van der Waals surface area contributed by atoms with Crippen LogP contribution in [0.25, 0.3) is 0 Å². The first kappa shape index (κ1) is 34.7. The monoisotopic (exact) mass is 651 g/mol. The molecule has 0 bridgehead atoms. The van der Waals surface area contributed by atoms with Gasteiger partial charge in [-0.15, -0.1) is 0 Å². The van der Waals surface area contributed by atoms with Crippen molar-refractivity contribution in [2.45, 2.75) is 70.9 Å². The van der Waals surface area contributed by atoms with Crippen LogP contribution in [0.2, 0.25) is 0 Å². The van der Waals surface area contributed by atoms with Gasteiger partial charge < -0.3 is 26.1 Å². The number of aryl methyl sites for hydroxylation is 1. The van der Waals surface area contributed by atoms with Crippen molar-refractivity contribution < 1.29 is 22.7 Å². The van der Waals surface area contributed by atoms with Gasteiger partial charge in [-0.25, -0.2) is 13.4 Å². The van der Waals surface area contributed by atoms with Crippen LogP contribution in [0.5, 0.6) is 5.88 Å². The van der Waals surface area contributed by atoms with Crippen molar-refractivity contribution in [2.24, 2.45) is 5.84 Å². The summed E-state index contributed by atoms with van der Waals surface area (Å²) in [6.07, 6.45) is 1.91. The van der Waals surface area contributed by atoms with Crippen LogP contribution in [0.3, 0.4) is 0 Å². The maximum absolute atomic E-state index is 13.9. The molecule has 0 aliphatic carbocycles. The number of sulfonamides is 1. The maximum Gasteiger partial charge on any atom is 0.248 e. The second-order valence-corrected chi connectivity index (χ2v) is 13.3. The zero-order valence-electron chi connectivity index (χ0n) is 27.1. The van der Waals surface area contributed by atoms with Gasteiger partial charge in [0.15, 0.2) is 0 Å². The summed E-state index contributed by atoms with van der Waals surface area (Å²) in [6, 6.07) is 13.0. The average Bonchev–Trinajstić information content (AvgIpc) is 3.13. The van der Waals surface area contributed by atoms with Crippen molar-refractivity contribution in [3.63, 3.8) is 0 Å². The van der Waals surface area contributed by atoms with E-state index in [0.29, 0.717) is 26.1 Å². The number of hydrogen-bond acceptors (Lipinski definition) is 9. The van der Waals surface area contributed by atoms with Crippen LogP contribution in [0.15, 0.2) is 53.6 Å². The number of carbonyl (C=O) groups excluding carboxylic acids is 2. The third kappa shape index (κ3) is 7.95. The molecule has 0 radical (unpaired) electrons. The van der Waals surface area contributed by atoms with Gasteiger partial charge in [-0.2, -0.15) is 4.31 Å². The molecule has 12 nitrogen and oxygen atoms in total. The smallest absolute Gasteiger partial charge is 0.248 e. The molecule has 3 aromatic rings. The molecule has 0 spiro atoms. The van der Waals surface area contributed by atoms with E-state index in [0.717, 1.165) is 39.2 Å². The summed E-state index contributed by atoms with van der Waals surface area (Å²) in [5.74, 6) is 5.35. The van der Waals surface area contributed by atoms with Gasteiger partial charge in [-0.3, -0.25) is 15.4 Å². The number of carbonyl (C=O) groups is 2. The highest BCUT2D eigenvalue weighted by Crippen LogP contribution is 2.38. The maximum atomic E-state index is 13.9. The Morgan fingerprint density at radius 3 is 2.57 bits per heavy atom. The minimum Gasteiger partial charge on any atom is -0.472 e. The number of amides is 2. The Morgan fingerprint density at radius 1 is 1.11 bits per heavy atom. The highest BCUT2D eigenvalue weighted by atomic mass is 32.2. The summed E-state index contributed by atoms with van der Waals surface area (Å²) in [5, 5.41) is 8.91. The predicted octanol–water partition coefficient (Wildman–Crippen LogP) is 3.55. The lowest BCUT2D eigenvalue weighted by atomic mass is 9.83. The summed E-state index contributed by atoms with van der Waals surface area (Å²) in [4.78, 5) is 28.8. The summed E-state index contributed by atoms with van der Waals surface area (Å²) >= 11 is 0. The van der Waals surface area contributed by atoms with Crippen LogP contribution in [0, 0.1) is 13.8 Å². The van der Waals surface area contributed by atoms with E-state index in [9.17, 15) is 18.0 Å². The molecule has 0 fully saturated rings. The van der Waals surface area contributed by atoms with Gasteiger partial charge in [0.2, 0.25) is 27.7 Å². The molecule has 46 heavy (non-hydrogen) atoms. The number of hydrazine groups is 1. The standard InChI is InChI=1S/C33H45N7O5S/c1-6-26-20-40(46(43,44)30-9-8-14-38-33(30)45-26)19-25-17-24(11-10-21(25)3)28(18-31(42)37-16-15-36-23(5)41)27-12-13-29(35-7-2)32(39-34)22(27)4/h8-14,17,26,28,35,39H,6-7,15-16,18-20,34H2,1-5H3,(H,36,41)(H,37,42)/t26-,28+/m1/s1. The number of anilines is 2. The van der Waals surface area contributed by atoms with Crippen molar-refractivity contribution in [1.82, 2.24) is 19.9 Å². The van der Waals surface area contributed by atoms with Gasteiger partial charge in [-0.05, 0) is 73.2 Å². The fraction of sp³-hybridized carbons (Fsp3) is 0.424. The number of aromatic nitrogens is 1. The Morgan fingerprint density at radius 2 is 1.87 bits per heavy atom.